The summed E-state index contributed by atoms with van der Waals surface area (Å²) in [6, 6.07) is 1.89. The van der Waals surface area contributed by atoms with Crippen LogP contribution < -0.4 is 5.06 Å². The Balaban J connectivity index is 3.10. The molecule has 1 rings (SSSR count). The summed E-state index contributed by atoms with van der Waals surface area (Å²) in [7, 11) is 0. The second-order valence-corrected chi connectivity index (χ2v) is 3.27. The Morgan fingerprint density at radius 2 is 2.20 bits per heavy atom. The molecule has 1 aromatic rings. The maximum absolute atomic E-state index is 9.80. The molecule has 3 nitrogen and oxygen atoms in total. The highest BCUT2D eigenvalue weighted by atomic mass is 16.5. The van der Waals surface area contributed by atoms with E-state index in [0.29, 0.717) is 13.0 Å². The van der Waals surface area contributed by atoms with Gasteiger partial charge in [0.05, 0.1) is 17.9 Å². The predicted molar refractivity (Wildman–Crippen MR) is 62.2 cm³/mol. The van der Waals surface area contributed by atoms with E-state index in [1.807, 2.05) is 13.0 Å². The Labute approximate surface area is 90.3 Å². The summed E-state index contributed by atoms with van der Waals surface area (Å²) in [5.41, 5.74) is 2.57. The molecule has 0 aromatic carbocycles. The number of nitrogens with zero attached hydrogens (tertiary/aromatic N) is 2. The van der Waals surface area contributed by atoms with Crippen molar-refractivity contribution >= 4 is 5.69 Å². The highest BCUT2D eigenvalue weighted by Crippen LogP contribution is 2.22. The minimum atomic E-state index is 0.386. The Kier molecular flexibility index (Phi) is 4.06. The first kappa shape index (κ1) is 11.5. The van der Waals surface area contributed by atoms with Crippen molar-refractivity contribution in [2.24, 2.45) is 0 Å². The number of rotatable bonds is 5. The molecular weight excluding hydrogens is 188 g/mol. The van der Waals surface area contributed by atoms with E-state index in [1.54, 1.807) is 18.3 Å². The number of pyridine rings is 1. The molecule has 1 aromatic heterocycles. The molecule has 1 N–H and O–H groups in total. The molecule has 0 aliphatic carbocycles. The van der Waals surface area contributed by atoms with Crippen molar-refractivity contribution in [3.8, 4) is 0 Å². The lowest BCUT2D eigenvalue weighted by Crippen LogP contribution is -2.20. The largest absolute Gasteiger partial charge is 0.288 e. The first-order chi connectivity index (χ1) is 7.20. The van der Waals surface area contributed by atoms with E-state index in [9.17, 15) is 5.21 Å². The molecule has 0 aliphatic rings. The lowest BCUT2D eigenvalue weighted by Gasteiger charge is -2.19. The second kappa shape index (κ2) is 5.32. The number of hydrogen-bond acceptors (Lipinski definition) is 3. The summed E-state index contributed by atoms with van der Waals surface area (Å²) < 4.78 is 0. The van der Waals surface area contributed by atoms with Gasteiger partial charge in [-0.25, -0.2) is 0 Å². The van der Waals surface area contributed by atoms with Gasteiger partial charge in [-0.1, -0.05) is 12.2 Å². The Morgan fingerprint density at radius 1 is 1.47 bits per heavy atom. The van der Waals surface area contributed by atoms with Crippen molar-refractivity contribution in [2.45, 2.75) is 13.3 Å². The lowest BCUT2D eigenvalue weighted by atomic mass is 10.1. The normalized spacial score (nSPS) is 9.73. The molecule has 1 heterocycles. The van der Waals surface area contributed by atoms with Crippen LogP contribution in [-0.2, 0) is 6.42 Å². The molecule has 0 amide bonds. The minimum absolute atomic E-state index is 0.386. The van der Waals surface area contributed by atoms with Gasteiger partial charge in [0.2, 0.25) is 0 Å². The van der Waals surface area contributed by atoms with E-state index in [-0.39, 0.29) is 0 Å². The van der Waals surface area contributed by atoms with Crippen molar-refractivity contribution < 1.29 is 5.21 Å². The van der Waals surface area contributed by atoms with Crippen LogP contribution in [0.1, 0.15) is 11.3 Å². The Morgan fingerprint density at radius 3 is 2.80 bits per heavy atom. The Bertz CT molecular complexity index is 361. The van der Waals surface area contributed by atoms with Crippen molar-refractivity contribution in [3.05, 3.63) is 48.8 Å². The minimum Gasteiger partial charge on any atom is -0.288 e. The van der Waals surface area contributed by atoms with Crippen molar-refractivity contribution in [1.82, 2.24) is 4.98 Å². The van der Waals surface area contributed by atoms with Crippen LogP contribution in [-0.4, -0.2) is 16.7 Å². The van der Waals surface area contributed by atoms with Gasteiger partial charge in [-0.3, -0.25) is 15.3 Å². The number of anilines is 1. The van der Waals surface area contributed by atoms with Gasteiger partial charge in [-0.2, -0.15) is 0 Å². The predicted octanol–water partition coefficient (Wildman–Crippen LogP) is 2.50. The molecule has 0 bridgehead atoms. The quantitative estimate of drug-likeness (QED) is 0.591. The van der Waals surface area contributed by atoms with Crippen LogP contribution in [0.4, 0.5) is 5.69 Å². The number of hydrogen-bond donors (Lipinski definition) is 1. The zero-order valence-electron chi connectivity index (χ0n) is 8.98. The molecule has 80 valence electrons. The first-order valence-electron chi connectivity index (χ1n) is 4.83. The van der Waals surface area contributed by atoms with E-state index in [0.717, 1.165) is 22.0 Å². The molecule has 0 atom stereocenters. The number of hydroxylamine groups is 1. The fraction of sp³-hybridized carbons (Fsp3) is 0.250. The van der Waals surface area contributed by atoms with Crippen LogP contribution in [0.5, 0.6) is 0 Å². The standard InChI is InChI=1S/C12H16N2O/c1-4-6-11-7-8-13-10(3)12(11)14(15)9-5-2/h4-5,7-8,15H,1-2,6,9H2,3H3. The van der Waals surface area contributed by atoms with Crippen LogP contribution in [0.15, 0.2) is 37.6 Å². The third-order valence-corrected chi connectivity index (χ3v) is 2.12. The highest BCUT2D eigenvalue weighted by molar-refractivity contribution is 5.55. The van der Waals surface area contributed by atoms with E-state index in [2.05, 4.69) is 18.1 Å². The topological polar surface area (TPSA) is 36.4 Å². The van der Waals surface area contributed by atoms with Gasteiger partial charge in [-0.05, 0) is 25.0 Å². The first-order valence-corrected chi connectivity index (χ1v) is 4.83. The van der Waals surface area contributed by atoms with Gasteiger partial charge >= 0.3 is 0 Å². The van der Waals surface area contributed by atoms with Crippen molar-refractivity contribution in [2.75, 3.05) is 11.6 Å². The third-order valence-electron chi connectivity index (χ3n) is 2.12. The summed E-state index contributed by atoms with van der Waals surface area (Å²) in [6.45, 7) is 9.54. The maximum Gasteiger partial charge on any atom is 0.0885 e. The number of allylic oxidation sites excluding steroid dienone is 1. The molecule has 0 unspecified atom stereocenters. The fourth-order valence-electron chi connectivity index (χ4n) is 1.50. The summed E-state index contributed by atoms with van der Waals surface area (Å²) in [5, 5.41) is 11.0. The van der Waals surface area contributed by atoms with Gasteiger partial charge < -0.3 is 0 Å². The smallest absolute Gasteiger partial charge is 0.0885 e. The maximum atomic E-state index is 9.80. The summed E-state index contributed by atoms with van der Waals surface area (Å²) in [4.78, 5) is 4.16. The lowest BCUT2D eigenvalue weighted by molar-refractivity contribution is 0.264. The molecule has 0 saturated heterocycles. The van der Waals surface area contributed by atoms with Crippen LogP contribution in [0.3, 0.4) is 0 Å². The van der Waals surface area contributed by atoms with Gasteiger partial charge in [0.1, 0.15) is 0 Å². The monoisotopic (exact) mass is 204 g/mol. The molecular formula is C12H16N2O. The van der Waals surface area contributed by atoms with Gasteiger partial charge in [0.15, 0.2) is 0 Å². The summed E-state index contributed by atoms with van der Waals surface area (Å²) in [6.07, 6.45) is 5.90. The van der Waals surface area contributed by atoms with Crippen LogP contribution in [0.2, 0.25) is 0 Å². The van der Waals surface area contributed by atoms with E-state index in [4.69, 9.17) is 0 Å². The summed E-state index contributed by atoms with van der Waals surface area (Å²) in [5.74, 6) is 0. The van der Waals surface area contributed by atoms with Crippen LogP contribution in [0, 0.1) is 6.92 Å². The van der Waals surface area contributed by atoms with E-state index < -0.39 is 0 Å². The summed E-state index contributed by atoms with van der Waals surface area (Å²) >= 11 is 0. The van der Waals surface area contributed by atoms with Gasteiger partial charge in [0, 0.05) is 6.20 Å². The Hall–Kier alpha value is -1.61. The van der Waals surface area contributed by atoms with Gasteiger partial charge in [0.25, 0.3) is 0 Å². The zero-order valence-corrected chi connectivity index (χ0v) is 8.98. The zero-order chi connectivity index (χ0) is 11.3. The highest BCUT2D eigenvalue weighted by Gasteiger charge is 2.10. The average Bonchev–Trinajstić information content (AvgIpc) is 2.18. The van der Waals surface area contributed by atoms with E-state index >= 15 is 0 Å². The fourth-order valence-corrected chi connectivity index (χ4v) is 1.50. The van der Waals surface area contributed by atoms with Gasteiger partial charge in [-0.15, -0.1) is 13.2 Å². The molecule has 0 radical (unpaired) electrons. The average molecular weight is 204 g/mol. The molecule has 3 heteroatoms. The molecule has 15 heavy (non-hydrogen) atoms. The third kappa shape index (κ3) is 2.67. The van der Waals surface area contributed by atoms with E-state index in [1.165, 1.54) is 0 Å². The van der Waals surface area contributed by atoms with Crippen LogP contribution in [0.25, 0.3) is 0 Å². The molecule has 0 spiro atoms. The van der Waals surface area contributed by atoms with Crippen LogP contribution >= 0.6 is 0 Å². The van der Waals surface area contributed by atoms with Crippen molar-refractivity contribution in [1.29, 1.82) is 0 Å². The molecule has 0 saturated carbocycles. The second-order valence-electron chi connectivity index (χ2n) is 3.27. The SMILES string of the molecule is C=CCc1ccnc(C)c1N(O)CC=C. The number of aromatic nitrogens is 1. The molecule has 0 fully saturated rings. The number of aryl methyl sites for hydroxylation is 1. The van der Waals surface area contributed by atoms with Crippen molar-refractivity contribution in [3.63, 3.8) is 0 Å². The molecule has 0 aliphatic heterocycles.